The van der Waals surface area contributed by atoms with Crippen molar-refractivity contribution in [1.82, 2.24) is 4.98 Å². The maximum absolute atomic E-state index is 11.3. The summed E-state index contributed by atoms with van der Waals surface area (Å²) in [5.74, 6) is 0.263. The van der Waals surface area contributed by atoms with Crippen LogP contribution < -0.4 is 0 Å². The van der Waals surface area contributed by atoms with E-state index in [1.54, 1.807) is 11.3 Å². The second-order valence-corrected chi connectivity index (χ2v) is 5.15. The fraction of sp³-hybridized carbons (Fsp3) is 0.333. The fourth-order valence-electron chi connectivity index (χ4n) is 1.49. The number of hydrogen-bond donors (Lipinski definition) is 0. The van der Waals surface area contributed by atoms with Crippen molar-refractivity contribution in [1.29, 1.82) is 0 Å². The van der Waals surface area contributed by atoms with Crippen LogP contribution in [-0.4, -0.2) is 10.8 Å². The minimum Gasteiger partial charge on any atom is -0.295 e. The standard InChI is InChI=1S/C9H8BrNOS/c1-5-6(2-3-8(5)12)7-4-13-9(10)11-7/h4H,2-3H2,1H3. The number of nitrogens with zero attached hydrogens (tertiary/aromatic N) is 1. The second-order valence-electron chi connectivity index (χ2n) is 3.01. The summed E-state index contributed by atoms with van der Waals surface area (Å²) >= 11 is 4.87. The number of halogens is 1. The number of ketones is 1. The van der Waals surface area contributed by atoms with Crippen LogP contribution in [-0.2, 0) is 4.79 Å². The van der Waals surface area contributed by atoms with Gasteiger partial charge in [0.1, 0.15) is 0 Å². The Kier molecular flexibility index (Phi) is 2.34. The van der Waals surface area contributed by atoms with E-state index in [9.17, 15) is 4.79 Å². The first kappa shape index (κ1) is 9.09. The molecule has 0 aliphatic heterocycles. The summed E-state index contributed by atoms with van der Waals surface area (Å²) in [5.41, 5.74) is 2.96. The molecule has 0 spiro atoms. The monoisotopic (exact) mass is 257 g/mol. The molecule has 1 aliphatic carbocycles. The highest BCUT2D eigenvalue weighted by Gasteiger charge is 2.21. The first-order valence-electron chi connectivity index (χ1n) is 4.03. The van der Waals surface area contributed by atoms with E-state index < -0.39 is 0 Å². The second kappa shape index (κ2) is 3.35. The van der Waals surface area contributed by atoms with E-state index in [0.29, 0.717) is 6.42 Å². The normalized spacial score (nSPS) is 17.2. The number of Topliss-reactive ketones (excluding diaryl/α,β-unsaturated/α-hetero) is 1. The first-order chi connectivity index (χ1) is 6.18. The Morgan fingerprint density at radius 3 is 2.77 bits per heavy atom. The van der Waals surface area contributed by atoms with Gasteiger partial charge >= 0.3 is 0 Å². The lowest BCUT2D eigenvalue weighted by Gasteiger charge is -1.95. The van der Waals surface area contributed by atoms with Crippen LogP contribution in [0.3, 0.4) is 0 Å². The number of allylic oxidation sites excluding steroid dienone is 2. The predicted octanol–water partition coefficient (Wildman–Crippen LogP) is 3.04. The Bertz CT molecular complexity index is 394. The predicted molar refractivity (Wildman–Crippen MR) is 56.6 cm³/mol. The molecule has 68 valence electrons. The van der Waals surface area contributed by atoms with Gasteiger partial charge in [0, 0.05) is 11.8 Å². The molecule has 0 atom stereocenters. The van der Waals surface area contributed by atoms with E-state index in [2.05, 4.69) is 20.9 Å². The average molecular weight is 258 g/mol. The van der Waals surface area contributed by atoms with Gasteiger partial charge in [-0.1, -0.05) is 0 Å². The molecule has 2 rings (SSSR count). The summed E-state index contributed by atoms with van der Waals surface area (Å²) in [6.45, 7) is 1.89. The fourth-order valence-corrected chi connectivity index (χ4v) is 2.52. The van der Waals surface area contributed by atoms with Crippen LogP contribution >= 0.6 is 27.3 Å². The summed E-state index contributed by atoms with van der Waals surface area (Å²) in [6.07, 6.45) is 1.50. The molecule has 2 nitrogen and oxygen atoms in total. The highest BCUT2D eigenvalue weighted by atomic mass is 79.9. The molecule has 4 heteroatoms. The van der Waals surface area contributed by atoms with Gasteiger partial charge in [-0.15, -0.1) is 11.3 Å². The third-order valence-corrected chi connectivity index (χ3v) is 3.62. The zero-order valence-electron chi connectivity index (χ0n) is 7.13. The van der Waals surface area contributed by atoms with E-state index in [0.717, 1.165) is 27.2 Å². The first-order valence-corrected chi connectivity index (χ1v) is 5.70. The van der Waals surface area contributed by atoms with Gasteiger partial charge in [0.15, 0.2) is 9.70 Å². The van der Waals surface area contributed by atoms with E-state index in [1.165, 1.54) is 0 Å². The summed E-state index contributed by atoms with van der Waals surface area (Å²) in [5, 5.41) is 1.99. The molecule has 13 heavy (non-hydrogen) atoms. The summed E-state index contributed by atoms with van der Waals surface area (Å²) in [7, 11) is 0. The van der Waals surface area contributed by atoms with Gasteiger partial charge in [0.05, 0.1) is 5.69 Å². The molecule has 1 aromatic rings. The van der Waals surface area contributed by atoms with Crippen molar-refractivity contribution in [3.63, 3.8) is 0 Å². The zero-order valence-corrected chi connectivity index (χ0v) is 9.54. The number of carbonyl (C=O) groups excluding carboxylic acids is 1. The third kappa shape index (κ3) is 1.60. The molecule has 0 fully saturated rings. The van der Waals surface area contributed by atoms with Crippen LogP contribution in [0, 0.1) is 0 Å². The highest BCUT2D eigenvalue weighted by molar-refractivity contribution is 9.11. The summed E-state index contributed by atoms with van der Waals surface area (Å²) < 4.78 is 0.877. The largest absolute Gasteiger partial charge is 0.295 e. The van der Waals surface area contributed by atoms with Gasteiger partial charge in [-0.3, -0.25) is 4.79 Å². The van der Waals surface area contributed by atoms with Crippen LogP contribution in [0.15, 0.2) is 14.9 Å². The van der Waals surface area contributed by atoms with Gasteiger partial charge in [-0.2, -0.15) is 0 Å². The van der Waals surface area contributed by atoms with Gasteiger partial charge in [-0.25, -0.2) is 4.98 Å². The van der Waals surface area contributed by atoms with Crippen LogP contribution in [0.5, 0.6) is 0 Å². The van der Waals surface area contributed by atoms with Crippen LogP contribution in [0.1, 0.15) is 25.5 Å². The van der Waals surface area contributed by atoms with Crippen molar-refractivity contribution < 1.29 is 4.79 Å². The lowest BCUT2D eigenvalue weighted by atomic mass is 10.1. The molecule has 0 aromatic carbocycles. The number of aromatic nitrogens is 1. The van der Waals surface area contributed by atoms with E-state index in [-0.39, 0.29) is 5.78 Å². The summed E-state index contributed by atoms with van der Waals surface area (Å²) in [6, 6.07) is 0. The van der Waals surface area contributed by atoms with Crippen molar-refractivity contribution in [2.75, 3.05) is 0 Å². The van der Waals surface area contributed by atoms with E-state index >= 15 is 0 Å². The molecule has 0 amide bonds. The Morgan fingerprint density at radius 1 is 1.54 bits per heavy atom. The molecular formula is C9H8BrNOS. The molecule has 0 radical (unpaired) electrons. The Balaban J connectivity index is 2.42. The van der Waals surface area contributed by atoms with Gasteiger partial charge in [0.2, 0.25) is 0 Å². The number of carbonyl (C=O) groups is 1. The van der Waals surface area contributed by atoms with Crippen LogP contribution in [0.25, 0.3) is 5.57 Å². The molecule has 0 saturated heterocycles. The van der Waals surface area contributed by atoms with Crippen molar-refractivity contribution >= 4 is 38.6 Å². The highest BCUT2D eigenvalue weighted by Crippen LogP contribution is 2.32. The van der Waals surface area contributed by atoms with Crippen molar-refractivity contribution in [2.45, 2.75) is 19.8 Å². The molecule has 0 saturated carbocycles. The average Bonchev–Trinajstić information content (AvgIpc) is 2.62. The lowest BCUT2D eigenvalue weighted by Crippen LogP contribution is -1.90. The molecule has 0 unspecified atom stereocenters. The van der Waals surface area contributed by atoms with Gasteiger partial charge in [0.25, 0.3) is 0 Å². The lowest BCUT2D eigenvalue weighted by molar-refractivity contribution is -0.114. The SMILES string of the molecule is CC1=C(c2csc(Br)n2)CCC1=O. The summed E-state index contributed by atoms with van der Waals surface area (Å²) in [4.78, 5) is 15.6. The van der Waals surface area contributed by atoms with Crippen molar-refractivity contribution in [3.8, 4) is 0 Å². The Morgan fingerprint density at radius 2 is 2.31 bits per heavy atom. The molecule has 0 N–H and O–H groups in total. The maximum atomic E-state index is 11.3. The molecule has 1 heterocycles. The van der Waals surface area contributed by atoms with Gasteiger partial charge < -0.3 is 0 Å². The zero-order chi connectivity index (χ0) is 9.42. The quantitative estimate of drug-likeness (QED) is 0.774. The minimum absolute atomic E-state index is 0.263. The van der Waals surface area contributed by atoms with Gasteiger partial charge in [-0.05, 0) is 40.4 Å². The maximum Gasteiger partial charge on any atom is 0.159 e. The van der Waals surface area contributed by atoms with Crippen LogP contribution in [0.2, 0.25) is 0 Å². The number of thiazole rings is 1. The minimum atomic E-state index is 0.263. The van der Waals surface area contributed by atoms with Crippen molar-refractivity contribution in [3.05, 3.63) is 20.6 Å². The molecule has 1 aliphatic rings. The number of rotatable bonds is 1. The van der Waals surface area contributed by atoms with Crippen LogP contribution in [0.4, 0.5) is 0 Å². The van der Waals surface area contributed by atoms with Crippen molar-refractivity contribution in [2.24, 2.45) is 0 Å². The van der Waals surface area contributed by atoms with E-state index in [1.807, 2.05) is 12.3 Å². The van der Waals surface area contributed by atoms with E-state index in [4.69, 9.17) is 0 Å². The Hall–Kier alpha value is -0.480. The third-order valence-electron chi connectivity index (χ3n) is 2.26. The molecule has 0 bridgehead atoms. The topological polar surface area (TPSA) is 30.0 Å². The Labute approximate surface area is 88.8 Å². The molecule has 1 aromatic heterocycles. The number of hydrogen-bond acceptors (Lipinski definition) is 3. The smallest absolute Gasteiger partial charge is 0.159 e. The molecular weight excluding hydrogens is 250 g/mol.